The van der Waals surface area contributed by atoms with E-state index >= 15 is 0 Å². The Morgan fingerprint density at radius 2 is 1.29 bits per heavy atom. The van der Waals surface area contributed by atoms with Crippen molar-refractivity contribution in [1.29, 1.82) is 0 Å². The molecular formula is C38H34O4. The molecule has 42 heavy (non-hydrogen) atoms. The number of hydrogen-bond donors (Lipinski definition) is 0. The monoisotopic (exact) mass is 554 g/mol. The summed E-state index contributed by atoms with van der Waals surface area (Å²) in [6, 6.07) is 33.7. The highest BCUT2D eigenvalue weighted by Gasteiger charge is 2.20. The molecule has 0 saturated heterocycles. The van der Waals surface area contributed by atoms with Crippen molar-refractivity contribution in [3.05, 3.63) is 143 Å². The van der Waals surface area contributed by atoms with Crippen LogP contribution in [-0.4, -0.2) is 31.9 Å². The van der Waals surface area contributed by atoms with Crippen LogP contribution >= 0.6 is 0 Å². The lowest BCUT2D eigenvalue weighted by Crippen LogP contribution is -2.28. The van der Waals surface area contributed by atoms with Crippen LogP contribution < -0.4 is 4.74 Å². The van der Waals surface area contributed by atoms with Gasteiger partial charge < -0.3 is 14.2 Å². The van der Waals surface area contributed by atoms with Gasteiger partial charge in [0.15, 0.2) is 6.10 Å². The van der Waals surface area contributed by atoms with Gasteiger partial charge in [0.2, 0.25) is 0 Å². The molecule has 0 radical (unpaired) electrons. The second-order valence-corrected chi connectivity index (χ2v) is 9.33. The molecule has 0 bridgehead atoms. The van der Waals surface area contributed by atoms with Crippen molar-refractivity contribution in [2.45, 2.75) is 26.4 Å². The van der Waals surface area contributed by atoms with Crippen LogP contribution in [0.5, 0.6) is 5.75 Å². The Morgan fingerprint density at radius 3 is 1.83 bits per heavy atom. The van der Waals surface area contributed by atoms with E-state index in [0.717, 1.165) is 39.1 Å². The topological polar surface area (TPSA) is 44.8 Å². The fourth-order valence-electron chi connectivity index (χ4n) is 4.13. The van der Waals surface area contributed by atoms with E-state index < -0.39 is 6.10 Å². The van der Waals surface area contributed by atoms with Gasteiger partial charge in [0, 0.05) is 35.3 Å². The number of rotatable bonds is 10. The molecule has 0 heterocycles. The molecule has 0 saturated carbocycles. The molecule has 0 amide bonds. The summed E-state index contributed by atoms with van der Waals surface area (Å²) in [7, 11) is 0. The number of ether oxygens (including phenoxy) is 3. The average Bonchev–Trinajstić information content (AvgIpc) is 3.03. The first-order valence-corrected chi connectivity index (χ1v) is 14.1. The summed E-state index contributed by atoms with van der Waals surface area (Å²) in [6.07, 6.45) is 3.83. The van der Waals surface area contributed by atoms with Crippen LogP contribution in [0.3, 0.4) is 0 Å². The summed E-state index contributed by atoms with van der Waals surface area (Å²) in [5.74, 6) is 13.4. The first-order valence-electron chi connectivity index (χ1n) is 14.1. The molecule has 0 aliphatic carbocycles. The summed E-state index contributed by atoms with van der Waals surface area (Å²) < 4.78 is 16.6. The zero-order valence-electron chi connectivity index (χ0n) is 24.0. The highest BCUT2D eigenvalue weighted by Crippen LogP contribution is 2.16. The van der Waals surface area contributed by atoms with Gasteiger partial charge >= 0.3 is 5.97 Å². The van der Waals surface area contributed by atoms with Crippen molar-refractivity contribution < 1.29 is 19.0 Å². The standard InChI is InChI=1S/C38H34O4/c1-3-40-37(38(39)41-4-2)29-32-21-23-36(24-22-32)42-25-11-16-33-26-34(19-17-30-12-7-5-8-13-30)28-35(27-33)20-18-31-14-9-6-10-15-31/h5-16,21-24,26-28,37H,3-4,25,29H2,1-2H3/t37-/m0/s1. The van der Waals surface area contributed by atoms with E-state index in [4.69, 9.17) is 14.2 Å². The predicted molar refractivity (Wildman–Crippen MR) is 168 cm³/mol. The lowest BCUT2D eigenvalue weighted by Gasteiger charge is -2.15. The molecule has 4 nitrogen and oxygen atoms in total. The van der Waals surface area contributed by atoms with E-state index in [1.807, 2.05) is 122 Å². The molecule has 0 N–H and O–H groups in total. The Kier molecular flexibility index (Phi) is 11.6. The quantitative estimate of drug-likeness (QED) is 0.155. The normalized spacial score (nSPS) is 11.1. The van der Waals surface area contributed by atoms with Gasteiger partial charge in [-0.2, -0.15) is 0 Å². The van der Waals surface area contributed by atoms with Crippen molar-refractivity contribution in [2.75, 3.05) is 19.8 Å². The second kappa shape index (κ2) is 16.3. The van der Waals surface area contributed by atoms with Gasteiger partial charge in [0.1, 0.15) is 12.4 Å². The SMILES string of the molecule is CCOC(=O)[C@H](Cc1ccc(OCC=Cc2cc(C#Cc3ccccc3)cc(C#Cc3ccccc3)c2)cc1)OCC. The molecule has 4 heteroatoms. The van der Waals surface area contributed by atoms with Crippen molar-refractivity contribution in [1.82, 2.24) is 0 Å². The van der Waals surface area contributed by atoms with E-state index in [9.17, 15) is 4.79 Å². The van der Waals surface area contributed by atoms with Gasteiger partial charge in [-0.3, -0.25) is 0 Å². The number of carbonyl (C=O) groups excluding carboxylic acids is 1. The summed E-state index contributed by atoms with van der Waals surface area (Å²) in [4.78, 5) is 12.1. The van der Waals surface area contributed by atoms with Gasteiger partial charge in [-0.1, -0.05) is 78.3 Å². The Bertz CT molecular complexity index is 1510. The van der Waals surface area contributed by atoms with Crippen LogP contribution in [0.25, 0.3) is 6.08 Å². The van der Waals surface area contributed by atoms with Crippen molar-refractivity contribution in [2.24, 2.45) is 0 Å². The van der Waals surface area contributed by atoms with E-state index in [0.29, 0.717) is 26.2 Å². The number of esters is 1. The Morgan fingerprint density at radius 1 is 0.714 bits per heavy atom. The first-order chi connectivity index (χ1) is 20.6. The number of benzene rings is 4. The number of carbonyl (C=O) groups is 1. The van der Waals surface area contributed by atoms with Crippen LogP contribution in [0.1, 0.15) is 47.2 Å². The Hall–Kier alpha value is -5.03. The maximum absolute atomic E-state index is 12.1. The smallest absolute Gasteiger partial charge is 0.335 e. The van der Waals surface area contributed by atoms with Crippen molar-refractivity contribution in [3.63, 3.8) is 0 Å². The minimum atomic E-state index is -0.611. The largest absolute Gasteiger partial charge is 0.490 e. The molecule has 0 spiro atoms. The zero-order valence-corrected chi connectivity index (χ0v) is 24.0. The van der Waals surface area contributed by atoms with E-state index in [1.165, 1.54) is 0 Å². The third-order valence-electron chi connectivity index (χ3n) is 6.12. The maximum atomic E-state index is 12.1. The molecular weight excluding hydrogens is 520 g/mol. The maximum Gasteiger partial charge on any atom is 0.335 e. The molecule has 0 aliphatic rings. The van der Waals surface area contributed by atoms with Gasteiger partial charge in [-0.15, -0.1) is 0 Å². The second-order valence-electron chi connectivity index (χ2n) is 9.33. The van der Waals surface area contributed by atoms with Crippen LogP contribution in [0.4, 0.5) is 0 Å². The predicted octanol–water partition coefficient (Wildman–Crippen LogP) is 7.09. The lowest BCUT2D eigenvalue weighted by atomic mass is 10.0. The molecule has 4 rings (SSSR count). The minimum absolute atomic E-state index is 0.330. The van der Waals surface area contributed by atoms with Crippen LogP contribution in [0.2, 0.25) is 0 Å². The van der Waals surface area contributed by atoms with E-state index in [-0.39, 0.29) is 5.97 Å². The highest BCUT2D eigenvalue weighted by molar-refractivity contribution is 5.75. The van der Waals surface area contributed by atoms with Crippen molar-refractivity contribution >= 4 is 12.0 Å². The Balaban J connectivity index is 1.43. The molecule has 0 unspecified atom stereocenters. The lowest BCUT2D eigenvalue weighted by molar-refractivity contribution is -0.156. The first kappa shape index (κ1) is 29.9. The molecule has 1 atom stereocenters. The van der Waals surface area contributed by atoms with Crippen LogP contribution in [0, 0.1) is 23.7 Å². The molecule has 0 aliphatic heterocycles. The molecule has 0 aromatic heterocycles. The fraction of sp³-hybridized carbons (Fsp3) is 0.184. The van der Waals surface area contributed by atoms with E-state index in [1.54, 1.807) is 6.92 Å². The molecule has 210 valence electrons. The summed E-state index contributed by atoms with van der Waals surface area (Å²) in [5.41, 5.74) is 5.67. The Labute approximate surface area is 249 Å². The third kappa shape index (κ3) is 9.86. The van der Waals surface area contributed by atoms with E-state index in [2.05, 4.69) is 23.7 Å². The summed E-state index contributed by atoms with van der Waals surface area (Å²) in [5, 5.41) is 0. The zero-order chi connectivity index (χ0) is 29.4. The molecule has 4 aromatic carbocycles. The fourth-order valence-corrected chi connectivity index (χ4v) is 4.13. The summed E-state index contributed by atoms with van der Waals surface area (Å²) >= 11 is 0. The van der Waals surface area contributed by atoms with Gasteiger partial charge in [0.25, 0.3) is 0 Å². The van der Waals surface area contributed by atoms with Gasteiger partial charge in [-0.05, 0) is 85.6 Å². The van der Waals surface area contributed by atoms with Crippen LogP contribution in [0.15, 0.2) is 109 Å². The van der Waals surface area contributed by atoms with Crippen LogP contribution in [-0.2, 0) is 20.7 Å². The van der Waals surface area contributed by atoms with Crippen molar-refractivity contribution in [3.8, 4) is 29.4 Å². The third-order valence-corrected chi connectivity index (χ3v) is 6.12. The van der Waals surface area contributed by atoms with Gasteiger partial charge in [-0.25, -0.2) is 4.79 Å². The highest BCUT2D eigenvalue weighted by atomic mass is 16.6. The minimum Gasteiger partial charge on any atom is -0.490 e. The average molecular weight is 555 g/mol. The molecule has 4 aromatic rings. The summed E-state index contributed by atoms with van der Waals surface area (Å²) in [6.45, 7) is 4.83. The number of hydrogen-bond acceptors (Lipinski definition) is 4. The van der Waals surface area contributed by atoms with Gasteiger partial charge in [0.05, 0.1) is 6.61 Å². The molecule has 0 fully saturated rings.